The Balaban J connectivity index is 2.13. The molecule has 1 aromatic heterocycles. The zero-order chi connectivity index (χ0) is 13.8. The normalized spacial score (nSPS) is 12.2. The Kier molecular flexibility index (Phi) is 4.21. The largest absolute Gasteiger partial charge is 0.345 e. The third-order valence-corrected chi connectivity index (χ3v) is 3.58. The quantitative estimate of drug-likeness (QED) is 0.936. The van der Waals surface area contributed by atoms with E-state index < -0.39 is 6.04 Å². The number of halogens is 1. The van der Waals surface area contributed by atoms with E-state index in [1.54, 1.807) is 25.1 Å². The molecule has 0 bridgehead atoms. The number of nitrogens with zero attached hydrogens (tertiary/aromatic N) is 2. The maximum absolute atomic E-state index is 13.6. The fourth-order valence-electron chi connectivity index (χ4n) is 1.78. The van der Waals surface area contributed by atoms with Crippen LogP contribution in [0.25, 0.3) is 0 Å². The summed E-state index contributed by atoms with van der Waals surface area (Å²) in [5, 5.41) is 6.65. The minimum absolute atomic E-state index is 0.261. The number of hydrogen-bond acceptors (Lipinski definition) is 4. The van der Waals surface area contributed by atoms with Gasteiger partial charge < -0.3 is 5.32 Å². The molecule has 1 atom stereocenters. The second-order valence-electron chi connectivity index (χ2n) is 4.12. The third-order valence-electron chi connectivity index (χ3n) is 2.82. The number of carbonyl (C=O) groups excluding carboxylic acids is 1. The molecule has 100 valence electrons. The van der Waals surface area contributed by atoms with E-state index in [1.165, 1.54) is 6.07 Å². The first kappa shape index (κ1) is 13.6. The van der Waals surface area contributed by atoms with Crippen LogP contribution in [0, 0.1) is 5.82 Å². The van der Waals surface area contributed by atoms with Crippen molar-refractivity contribution in [3.8, 4) is 0 Å². The monoisotopic (exact) mass is 279 g/mol. The molecule has 0 saturated heterocycles. The van der Waals surface area contributed by atoms with Crippen LogP contribution in [0.4, 0.5) is 4.39 Å². The summed E-state index contributed by atoms with van der Waals surface area (Å²) in [5.41, 5.74) is 1.13. The first-order valence-electron chi connectivity index (χ1n) is 6.00. The Labute approximate surface area is 114 Å². The molecule has 0 aliphatic heterocycles. The van der Waals surface area contributed by atoms with Gasteiger partial charge in [-0.25, -0.2) is 4.39 Å². The van der Waals surface area contributed by atoms with E-state index in [0.29, 0.717) is 22.6 Å². The summed E-state index contributed by atoms with van der Waals surface area (Å²) in [4.78, 5) is 12.6. The highest BCUT2D eigenvalue weighted by molar-refractivity contribution is 7.08. The van der Waals surface area contributed by atoms with Crippen molar-refractivity contribution in [3.05, 3.63) is 46.2 Å². The molecular formula is C13H14FN3OS. The van der Waals surface area contributed by atoms with Gasteiger partial charge in [-0.2, -0.15) is 0 Å². The predicted molar refractivity (Wildman–Crippen MR) is 71.6 cm³/mol. The number of carbonyl (C=O) groups is 1. The van der Waals surface area contributed by atoms with Gasteiger partial charge in [-0.05, 0) is 30.9 Å². The molecule has 0 saturated carbocycles. The smallest absolute Gasteiger partial charge is 0.265 e. The van der Waals surface area contributed by atoms with Crippen molar-refractivity contribution in [1.82, 2.24) is 14.9 Å². The van der Waals surface area contributed by atoms with Gasteiger partial charge in [-0.3, -0.25) is 4.79 Å². The number of benzene rings is 1. The lowest BCUT2D eigenvalue weighted by atomic mass is 10.1. The standard InChI is InChI=1S/C13H14FN3OS/c1-3-11-12(19-17-16-11)13(18)15-8(2)9-6-4-5-7-10(9)14/h4-8H,3H2,1-2H3,(H,15,18). The van der Waals surface area contributed by atoms with E-state index in [4.69, 9.17) is 0 Å². The minimum atomic E-state index is -0.402. The topological polar surface area (TPSA) is 54.9 Å². The lowest BCUT2D eigenvalue weighted by Crippen LogP contribution is -2.27. The number of aryl methyl sites for hydroxylation is 1. The minimum Gasteiger partial charge on any atom is -0.345 e. The molecule has 6 heteroatoms. The number of aromatic nitrogens is 2. The fourth-order valence-corrected chi connectivity index (χ4v) is 2.43. The Bertz CT molecular complexity index is 585. The lowest BCUT2D eigenvalue weighted by Gasteiger charge is -2.14. The molecule has 19 heavy (non-hydrogen) atoms. The van der Waals surface area contributed by atoms with Gasteiger partial charge in [-0.15, -0.1) is 5.10 Å². The van der Waals surface area contributed by atoms with Crippen molar-refractivity contribution in [2.45, 2.75) is 26.3 Å². The van der Waals surface area contributed by atoms with Gasteiger partial charge in [0.05, 0.1) is 11.7 Å². The molecule has 1 N–H and O–H groups in total. The van der Waals surface area contributed by atoms with Crippen molar-refractivity contribution >= 4 is 17.4 Å². The Morgan fingerprint density at radius 1 is 1.47 bits per heavy atom. The van der Waals surface area contributed by atoms with Crippen molar-refractivity contribution < 1.29 is 9.18 Å². The molecule has 0 spiro atoms. The molecule has 2 rings (SSSR count). The molecule has 4 nitrogen and oxygen atoms in total. The average Bonchev–Trinajstić information content (AvgIpc) is 2.87. The second-order valence-corrected chi connectivity index (χ2v) is 4.87. The number of nitrogens with one attached hydrogen (secondary N) is 1. The zero-order valence-corrected chi connectivity index (χ0v) is 11.5. The van der Waals surface area contributed by atoms with E-state index in [1.807, 2.05) is 6.92 Å². The average molecular weight is 279 g/mol. The summed E-state index contributed by atoms with van der Waals surface area (Å²) in [6.45, 7) is 3.66. The van der Waals surface area contributed by atoms with Crippen molar-refractivity contribution in [3.63, 3.8) is 0 Å². The van der Waals surface area contributed by atoms with Crippen LogP contribution in [-0.2, 0) is 6.42 Å². The van der Waals surface area contributed by atoms with Crippen LogP contribution < -0.4 is 5.32 Å². The Hall–Kier alpha value is -1.82. The van der Waals surface area contributed by atoms with Gasteiger partial charge in [0, 0.05) is 5.56 Å². The van der Waals surface area contributed by atoms with Gasteiger partial charge in [0.1, 0.15) is 10.7 Å². The van der Waals surface area contributed by atoms with Crippen LogP contribution in [0.1, 0.15) is 40.8 Å². The van der Waals surface area contributed by atoms with Crippen LogP contribution >= 0.6 is 11.5 Å². The van der Waals surface area contributed by atoms with Gasteiger partial charge in [-0.1, -0.05) is 29.6 Å². The van der Waals surface area contributed by atoms with Gasteiger partial charge in [0.2, 0.25) is 0 Å². The van der Waals surface area contributed by atoms with E-state index in [-0.39, 0.29) is 11.7 Å². The van der Waals surface area contributed by atoms with E-state index in [9.17, 15) is 9.18 Å². The molecular weight excluding hydrogens is 265 g/mol. The van der Waals surface area contributed by atoms with Gasteiger partial charge in [0.15, 0.2) is 0 Å². The molecule has 2 aromatic rings. The highest BCUT2D eigenvalue weighted by atomic mass is 32.1. The molecule has 1 unspecified atom stereocenters. The van der Waals surface area contributed by atoms with Crippen LogP contribution in [0.15, 0.2) is 24.3 Å². The van der Waals surface area contributed by atoms with Crippen LogP contribution in [0.2, 0.25) is 0 Å². The number of amides is 1. The van der Waals surface area contributed by atoms with E-state index in [0.717, 1.165) is 11.5 Å². The molecule has 1 heterocycles. The third kappa shape index (κ3) is 2.96. The fraction of sp³-hybridized carbons (Fsp3) is 0.308. The molecule has 1 aromatic carbocycles. The van der Waals surface area contributed by atoms with Crippen LogP contribution in [0.5, 0.6) is 0 Å². The lowest BCUT2D eigenvalue weighted by molar-refractivity contribution is 0.0942. The van der Waals surface area contributed by atoms with Crippen LogP contribution in [0.3, 0.4) is 0 Å². The summed E-state index contributed by atoms with van der Waals surface area (Å²) in [5.74, 6) is -0.587. The molecule has 0 aliphatic rings. The predicted octanol–water partition coefficient (Wildman–Crippen LogP) is 2.73. The summed E-state index contributed by atoms with van der Waals surface area (Å²) in [6.07, 6.45) is 0.646. The molecule has 0 aliphatic carbocycles. The summed E-state index contributed by atoms with van der Waals surface area (Å²) < 4.78 is 17.4. The number of hydrogen-bond donors (Lipinski definition) is 1. The van der Waals surface area contributed by atoms with Gasteiger partial charge in [0.25, 0.3) is 5.91 Å². The maximum Gasteiger partial charge on any atom is 0.265 e. The van der Waals surface area contributed by atoms with E-state index in [2.05, 4.69) is 14.9 Å². The number of rotatable bonds is 4. The maximum atomic E-state index is 13.6. The van der Waals surface area contributed by atoms with E-state index >= 15 is 0 Å². The molecule has 1 amide bonds. The second kappa shape index (κ2) is 5.88. The van der Waals surface area contributed by atoms with Gasteiger partial charge >= 0.3 is 0 Å². The van der Waals surface area contributed by atoms with Crippen molar-refractivity contribution in [2.75, 3.05) is 0 Å². The molecule has 0 fully saturated rings. The van der Waals surface area contributed by atoms with Crippen molar-refractivity contribution in [1.29, 1.82) is 0 Å². The van der Waals surface area contributed by atoms with Crippen molar-refractivity contribution in [2.24, 2.45) is 0 Å². The Morgan fingerprint density at radius 2 is 2.21 bits per heavy atom. The van der Waals surface area contributed by atoms with Crippen LogP contribution in [-0.4, -0.2) is 15.5 Å². The highest BCUT2D eigenvalue weighted by Gasteiger charge is 2.18. The Morgan fingerprint density at radius 3 is 2.89 bits per heavy atom. The SMILES string of the molecule is CCc1nnsc1C(=O)NC(C)c1ccccc1F. The molecule has 0 radical (unpaired) electrons. The summed E-state index contributed by atoms with van der Waals surface area (Å²) in [6, 6.07) is 6.00. The summed E-state index contributed by atoms with van der Waals surface area (Å²) in [7, 11) is 0. The zero-order valence-electron chi connectivity index (χ0n) is 10.7. The highest BCUT2D eigenvalue weighted by Crippen LogP contribution is 2.18. The first-order valence-corrected chi connectivity index (χ1v) is 6.77. The summed E-state index contributed by atoms with van der Waals surface area (Å²) >= 11 is 1.06. The first-order chi connectivity index (χ1) is 9.13.